The molecule has 7 heteroatoms. The van der Waals surface area contributed by atoms with Crippen molar-refractivity contribution in [3.05, 3.63) is 88.6 Å². The number of hydrogen-bond donors (Lipinski definition) is 2. The molecule has 35 heavy (non-hydrogen) atoms. The van der Waals surface area contributed by atoms with Crippen LogP contribution in [0.4, 0.5) is 0 Å². The summed E-state index contributed by atoms with van der Waals surface area (Å²) >= 11 is 6.12. The number of aliphatic carboxylic acids is 1. The minimum atomic E-state index is -0.944. The van der Waals surface area contributed by atoms with Crippen molar-refractivity contribution in [2.75, 3.05) is 6.54 Å². The molecule has 6 nitrogen and oxygen atoms in total. The van der Waals surface area contributed by atoms with Crippen LogP contribution in [-0.2, 0) is 4.79 Å². The van der Waals surface area contributed by atoms with E-state index >= 15 is 0 Å². The molecule has 0 spiro atoms. The number of fused-ring (bicyclic) bond motifs is 1. The summed E-state index contributed by atoms with van der Waals surface area (Å²) in [7, 11) is 0. The maximum atomic E-state index is 12.4. The quantitative estimate of drug-likeness (QED) is 0.290. The first-order valence-electron chi connectivity index (χ1n) is 11.7. The zero-order valence-corrected chi connectivity index (χ0v) is 20.5. The maximum Gasteiger partial charge on any atom is 0.305 e. The number of aromatic nitrogens is 2. The van der Waals surface area contributed by atoms with Crippen molar-refractivity contribution in [2.24, 2.45) is 0 Å². The number of halogens is 1. The van der Waals surface area contributed by atoms with Crippen LogP contribution < -0.4 is 5.32 Å². The number of carbonyl (C=O) groups is 2. The number of carboxylic acids is 1. The van der Waals surface area contributed by atoms with Crippen molar-refractivity contribution < 1.29 is 14.7 Å². The summed E-state index contributed by atoms with van der Waals surface area (Å²) in [6, 6.07) is 20.0. The van der Waals surface area contributed by atoms with Gasteiger partial charge in [0.05, 0.1) is 24.2 Å². The monoisotopic (exact) mass is 489 g/mol. The summed E-state index contributed by atoms with van der Waals surface area (Å²) in [6.45, 7) is 4.31. The van der Waals surface area contributed by atoms with Crippen molar-refractivity contribution in [3.63, 3.8) is 0 Å². The van der Waals surface area contributed by atoms with Crippen molar-refractivity contribution in [1.82, 2.24) is 15.1 Å². The van der Waals surface area contributed by atoms with Gasteiger partial charge in [-0.05, 0) is 65.9 Å². The molecule has 0 radical (unpaired) electrons. The number of nitrogens with one attached hydrogen (secondary N) is 1. The summed E-state index contributed by atoms with van der Waals surface area (Å²) < 4.78 is 2.02. The Labute approximate surface area is 209 Å². The van der Waals surface area contributed by atoms with E-state index in [4.69, 9.17) is 16.7 Å². The Bertz CT molecular complexity index is 1360. The first-order valence-corrected chi connectivity index (χ1v) is 12.1. The summed E-state index contributed by atoms with van der Waals surface area (Å²) in [4.78, 5) is 23.1. The topological polar surface area (TPSA) is 84.2 Å². The minimum absolute atomic E-state index is 0.0631. The normalized spacial score (nSPS) is 12.0. The Balaban J connectivity index is 1.60. The molecule has 1 aromatic heterocycles. The molecule has 1 heterocycles. The van der Waals surface area contributed by atoms with Gasteiger partial charge in [0.2, 0.25) is 0 Å². The second kappa shape index (κ2) is 10.7. The lowest BCUT2D eigenvalue weighted by molar-refractivity contribution is -0.136. The Kier molecular flexibility index (Phi) is 7.51. The molecule has 0 aliphatic heterocycles. The molecule has 0 bridgehead atoms. The van der Waals surface area contributed by atoms with Crippen LogP contribution in [0.2, 0.25) is 5.02 Å². The van der Waals surface area contributed by atoms with Crippen molar-refractivity contribution in [2.45, 2.75) is 39.2 Å². The van der Waals surface area contributed by atoms with Gasteiger partial charge in [-0.1, -0.05) is 55.3 Å². The van der Waals surface area contributed by atoms with Gasteiger partial charge in [-0.2, -0.15) is 5.10 Å². The van der Waals surface area contributed by atoms with Crippen LogP contribution in [-0.4, -0.2) is 33.3 Å². The fourth-order valence-electron chi connectivity index (χ4n) is 4.37. The fourth-order valence-corrected chi connectivity index (χ4v) is 4.59. The first kappa shape index (κ1) is 24.5. The largest absolute Gasteiger partial charge is 0.481 e. The molecule has 0 saturated carbocycles. The van der Waals surface area contributed by atoms with Gasteiger partial charge < -0.3 is 10.4 Å². The predicted octanol–water partition coefficient (Wildman–Crippen LogP) is 6.26. The van der Waals surface area contributed by atoms with E-state index in [2.05, 4.69) is 48.5 Å². The first-order chi connectivity index (χ1) is 16.9. The molecule has 180 valence electrons. The second-order valence-electron chi connectivity index (χ2n) is 8.65. The van der Waals surface area contributed by atoms with Gasteiger partial charge in [-0.15, -0.1) is 0 Å². The number of aryl methyl sites for hydroxylation is 1. The zero-order valence-electron chi connectivity index (χ0n) is 19.8. The number of carbonyl (C=O) groups excluding carboxylic acids is 1. The lowest BCUT2D eigenvalue weighted by Crippen LogP contribution is -2.25. The Hall–Kier alpha value is -3.64. The molecule has 0 aliphatic carbocycles. The molecule has 2 N–H and O–H groups in total. The van der Waals surface area contributed by atoms with Gasteiger partial charge in [-0.25, -0.2) is 0 Å². The van der Waals surface area contributed by atoms with Crippen LogP contribution in [0.1, 0.15) is 53.7 Å². The highest BCUT2D eigenvalue weighted by Crippen LogP contribution is 2.31. The number of carboxylic acid groups (broad SMARTS) is 1. The Morgan fingerprint density at radius 2 is 1.86 bits per heavy atom. The smallest absolute Gasteiger partial charge is 0.305 e. The van der Waals surface area contributed by atoms with Crippen LogP contribution in [0.5, 0.6) is 0 Å². The highest BCUT2D eigenvalue weighted by Gasteiger charge is 2.18. The van der Waals surface area contributed by atoms with E-state index in [-0.39, 0.29) is 24.9 Å². The second-order valence-corrected chi connectivity index (χ2v) is 9.08. The predicted molar refractivity (Wildman–Crippen MR) is 139 cm³/mol. The van der Waals surface area contributed by atoms with E-state index in [9.17, 15) is 9.59 Å². The highest BCUT2D eigenvalue weighted by atomic mass is 35.5. The third-order valence-corrected chi connectivity index (χ3v) is 6.37. The van der Waals surface area contributed by atoms with Crippen LogP contribution >= 0.6 is 11.6 Å². The minimum Gasteiger partial charge on any atom is -0.481 e. The van der Waals surface area contributed by atoms with Crippen molar-refractivity contribution in [1.29, 1.82) is 0 Å². The number of hydrogen-bond acceptors (Lipinski definition) is 3. The average molecular weight is 490 g/mol. The van der Waals surface area contributed by atoms with Crippen molar-refractivity contribution >= 4 is 34.4 Å². The molecule has 1 amide bonds. The van der Waals surface area contributed by atoms with Gasteiger partial charge in [0.15, 0.2) is 0 Å². The third kappa shape index (κ3) is 5.54. The average Bonchev–Trinajstić information content (AvgIpc) is 3.25. The summed E-state index contributed by atoms with van der Waals surface area (Å²) in [5, 5.41) is 17.7. The number of nitrogens with zero attached hydrogens (tertiary/aromatic N) is 2. The molecule has 3 aromatic carbocycles. The summed E-state index contributed by atoms with van der Waals surface area (Å²) in [6.07, 6.45) is 3.58. The molecular weight excluding hydrogens is 462 g/mol. The molecule has 0 saturated heterocycles. The lowest BCUT2D eigenvalue weighted by atomic mass is 9.96. The third-order valence-electron chi connectivity index (χ3n) is 6.13. The van der Waals surface area contributed by atoms with Gasteiger partial charge in [-0.3, -0.25) is 14.3 Å². The Morgan fingerprint density at radius 3 is 2.54 bits per heavy atom. The van der Waals surface area contributed by atoms with Crippen LogP contribution in [0, 0.1) is 6.92 Å². The molecule has 4 aromatic rings. The fraction of sp³-hybridized carbons (Fsp3) is 0.250. The summed E-state index contributed by atoms with van der Waals surface area (Å²) in [5.74, 6) is -1.24. The molecular formula is C28H28ClN3O3. The molecule has 4 rings (SSSR count). The van der Waals surface area contributed by atoms with Crippen molar-refractivity contribution in [3.8, 4) is 11.1 Å². The van der Waals surface area contributed by atoms with Gasteiger partial charge >= 0.3 is 5.97 Å². The van der Waals surface area contributed by atoms with Gasteiger partial charge in [0.1, 0.15) is 0 Å². The van der Waals surface area contributed by atoms with Gasteiger partial charge in [0, 0.05) is 22.5 Å². The molecule has 0 fully saturated rings. The number of benzene rings is 3. The molecule has 1 atom stereocenters. The maximum absolute atomic E-state index is 12.4. The van der Waals surface area contributed by atoms with Crippen LogP contribution in [0.15, 0.2) is 66.9 Å². The van der Waals surface area contributed by atoms with E-state index in [1.54, 1.807) is 18.3 Å². The van der Waals surface area contributed by atoms with E-state index in [1.165, 1.54) is 5.56 Å². The standard InChI is InChI=1S/C28H28ClN3O3/c1-3-4-25(20-7-5-19(6-8-20)24-11-10-23(29)15-18(24)2)32-26-12-9-21(16-22(26)17-31-32)28(35)30-14-13-27(33)34/h5-12,15-17,25H,3-4,13-14H2,1-2H3,(H,30,35)(H,33,34)/t25-/m0/s1. The van der Waals surface area contributed by atoms with Crippen LogP contribution in [0.25, 0.3) is 22.0 Å². The van der Waals surface area contributed by atoms with E-state index in [0.717, 1.165) is 45.5 Å². The Morgan fingerprint density at radius 1 is 1.09 bits per heavy atom. The molecule has 0 aliphatic rings. The van der Waals surface area contributed by atoms with E-state index < -0.39 is 5.97 Å². The summed E-state index contributed by atoms with van der Waals surface area (Å²) in [5.41, 5.74) is 6.04. The van der Waals surface area contributed by atoms with Crippen LogP contribution in [0.3, 0.4) is 0 Å². The molecule has 0 unspecified atom stereocenters. The van der Waals surface area contributed by atoms with E-state index in [0.29, 0.717) is 5.56 Å². The number of amides is 1. The van der Waals surface area contributed by atoms with Gasteiger partial charge in [0.25, 0.3) is 5.91 Å². The highest BCUT2D eigenvalue weighted by molar-refractivity contribution is 6.30. The number of rotatable bonds is 9. The lowest BCUT2D eigenvalue weighted by Gasteiger charge is -2.19. The van der Waals surface area contributed by atoms with E-state index in [1.807, 2.05) is 28.9 Å². The SMILES string of the molecule is CCC[C@@H](c1ccc(-c2ccc(Cl)cc2C)cc1)n1ncc2cc(C(=O)NCCC(=O)O)ccc21. The zero-order chi connectivity index (χ0) is 24.9.